The van der Waals surface area contributed by atoms with Gasteiger partial charge < -0.3 is 20.1 Å². The molecule has 3 heterocycles. The van der Waals surface area contributed by atoms with Gasteiger partial charge in [-0.3, -0.25) is 14.6 Å². The average Bonchev–Trinajstić information content (AvgIpc) is 2.82. The van der Waals surface area contributed by atoms with Gasteiger partial charge in [-0.25, -0.2) is 0 Å². The van der Waals surface area contributed by atoms with Crippen molar-refractivity contribution in [3.05, 3.63) is 65.0 Å². The second kappa shape index (κ2) is 9.47. The normalized spacial score (nSPS) is 19.8. The molecule has 158 valence electrons. The highest BCUT2D eigenvalue weighted by molar-refractivity contribution is 5.97. The van der Waals surface area contributed by atoms with E-state index in [-0.39, 0.29) is 24.2 Å². The van der Waals surface area contributed by atoms with Crippen LogP contribution in [0.2, 0.25) is 0 Å². The van der Waals surface area contributed by atoms with Crippen LogP contribution in [-0.2, 0) is 17.7 Å². The number of amides is 1. The number of morpholine rings is 1. The van der Waals surface area contributed by atoms with Crippen molar-refractivity contribution in [1.82, 2.24) is 15.2 Å². The first kappa shape index (κ1) is 20.7. The van der Waals surface area contributed by atoms with Crippen molar-refractivity contribution in [2.75, 3.05) is 26.3 Å². The lowest BCUT2D eigenvalue weighted by Crippen LogP contribution is -2.44. The fourth-order valence-corrected chi connectivity index (χ4v) is 3.99. The fraction of sp³-hybridized carbons (Fsp3) is 0.435. The Morgan fingerprint density at radius 1 is 1.17 bits per heavy atom. The fourth-order valence-electron chi connectivity index (χ4n) is 3.99. The predicted octanol–water partition coefficient (Wildman–Crippen LogP) is 1.59. The topological polar surface area (TPSA) is 91.8 Å². The first-order valence-corrected chi connectivity index (χ1v) is 10.5. The number of fused-ring (bicyclic) bond motifs is 1. The molecule has 4 rings (SSSR count). The predicted molar refractivity (Wildman–Crippen MR) is 111 cm³/mol. The largest absolute Gasteiger partial charge is 0.391 e. The lowest BCUT2D eigenvalue weighted by molar-refractivity contribution is 0.0302. The van der Waals surface area contributed by atoms with E-state index in [2.05, 4.69) is 22.4 Å². The Hall–Kier alpha value is -2.61. The molecule has 1 aromatic heterocycles. The number of nitrogens with zero attached hydrogens (tertiary/aromatic N) is 2. The molecule has 0 aliphatic carbocycles. The number of hydrogen-bond donors (Lipinski definition) is 2. The Kier molecular flexibility index (Phi) is 6.52. The maximum absolute atomic E-state index is 12.5. The van der Waals surface area contributed by atoms with Crippen molar-refractivity contribution >= 4 is 11.7 Å². The molecule has 1 aromatic carbocycles. The summed E-state index contributed by atoms with van der Waals surface area (Å²) in [7, 11) is 0. The van der Waals surface area contributed by atoms with Crippen molar-refractivity contribution in [2.24, 2.45) is 0 Å². The average molecular weight is 409 g/mol. The van der Waals surface area contributed by atoms with E-state index in [9.17, 15) is 14.7 Å². The highest BCUT2D eigenvalue weighted by Crippen LogP contribution is 2.20. The zero-order valence-corrected chi connectivity index (χ0v) is 16.9. The number of carbonyl (C=O) groups excluding carboxylic acids is 2. The quantitative estimate of drug-likeness (QED) is 0.704. The van der Waals surface area contributed by atoms with Crippen LogP contribution in [0.3, 0.4) is 0 Å². The molecule has 7 nitrogen and oxygen atoms in total. The molecular weight excluding hydrogens is 382 g/mol. The van der Waals surface area contributed by atoms with Crippen LogP contribution in [0.4, 0.5) is 0 Å². The van der Waals surface area contributed by atoms with Gasteiger partial charge >= 0.3 is 0 Å². The van der Waals surface area contributed by atoms with Gasteiger partial charge in [-0.15, -0.1) is 0 Å². The number of ketones is 1. The Morgan fingerprint density at radius 3 is 2.67 bits per heavy atom. The lowest BCUT2D eigenvalue weighted by Gasteiger charge is -2.29. The van der Waals surface area contributed by atoms with E-state index in [4.69, 9.17) is 4.74 Å². The molecule has 0 spiro atoms. The van der Waals surface area contributed by atoms with Crippen LogP contribution in [0.15, 0.2) is 42.6 Å². The van der Waals surface area contributed by atoms with E-state index in [1.807, 2.05) is 12.1 Å². The van der Waals surface area contributed by atoms with Crippen molar-refractivity contribution < 1.29 is 19.4 Å². The van der Waals surface area contributed by atoms with Crippen LogP contribution in [0, 0.1) is 0 Å². The van der Waals surface area contributed by atoms with Gasteiger partial charge in [0.15, 0.2) is 5.78 Å². The molecule has 0 radical (unpaired) electrons. The number of Topliss-reactive ketones (excluding diaryl/α,β-unsaturated/α-hetero) is 1. The molecule has 0 bridgehead atoms. The van der Waals surface area contributed by atoms with Crippen molar-refractivity contribution in [3.63, 3.8) is 0 Å². The SMILES string of the molecule is O=C(CC[C@@H](O)[C@@H]1Cc2ccccc2CN1)c1ccc(C(=O)N2CCOCC2)cn1. The Bertz CT molecular complexity index is 894. The molecule has 2 aromatic rings. The number of pyridine rings is 1. The highest BCUT2D eigenvalue weighted by Gasteiger charge is 2.25. The Morgan fingerprint density at radius 2 is 1.93 bits per heavy atom. The van der Waals surface area contributed by atoms with Gasteiger partial charge in [0.1, 0.15) is 5.69 Å². The summed E-state index contributed by atoms with van der Waals surface area (Å²) >= 11 is 0. The molecule has 2 aliphatic heterocycles. The minimum absolute atomic E-state index is 0.0609. The zero-order chi connectivity index (χ0) is 20.9. The van der Waals surface area contributed by atoms with Crippen LogP contribution in [-0.4, -0.2) is 65.1 Å². The summed E-state index contributed by atoms with van der Waals surface area (Å²) in [5.74, 6) is -0.223. The molecule has 2 aliphatic rings. The standard InChI is InChI=1S/C23H27N3O4/c27-21(7-8-22(28)20-13-16-3-1-2-4-17(16)14-25-20)19-6-5-18(15-24-19)23(29)26-9-11-30-12-10-26/h1-6,15,20,22,25,28H,7-14H2/t20-,22+/m0/s1. The summed E-state index contributed by atoms with van der Waals surface area (Å²) in [4.78, 5) is 30.9. The molecule has 1 fully saturated rings. The third-order valence-corrected chi connectivity index (χ3v) is 5.84. The van der Waals surface area contributed by atoms with Crippen molar-refractivity contribution in [2.45, 2.75) is 38.0 Å². The molecule has 2 atom stereocenters. The number of aliphatic hydroxyl groups excluding tert-OH is 1. The van der Waals surface area contributed by atoms with Crippen LogP contribution >= 0.6 is 0 Å². The summed E-state index contributed by atoms with van der Waals surface area (Å²) < 4.78 is 5.26. The van der Waals surface area contributed by atoms with Gasteiger partial charge in [0.05, 0.1) is 24.9 Å². The van der Waals surface area contributed by atoms with Gasteiger partial charge in [0.2, 0.25) is 0 Å². The van der Waals surface area contributed by atoms with E-state index >= 15 is 0 Å². The number of nitrogens with one attached hydrogen (secondary N) is 1. The van der Waals surface area contributed by atoms with Crippen LogP contribution in [0.1, 0.15) is 44.8 Å². The minimum Gasteiger partial charge on any atom is -0.391 e. The number of ether oxygens (including phenoxy) is 1. The number of carbonyl (C=O) groups is 2. The lowest BCUT2D eigenvalue weighted by atomic mass is 9.91. The van der Waals surface area contributed by atoms with Crippen LogP contribution < -0.4 is 5.32 Å². The monoisotopic (exact) mass is 409 g/mol. The zero-order valence-electron chi connectivity index (χ0n) is 16.9. The molecule has 2 N–H and O–H groups in total. The summed E-state index contributed by atoms with van der Waals surface area (Å²) in [6.45, 7) is 2.94. The third-order valence-electron chi connectivity index (χ3n) is 5.84. The van der Waals surface area contributed by atoms with Gasteiger partial charge in [-0.2, -0.15) is 0 Å². The molecule has 0 saturated carbocycles. The van der Waals surface area contributed by atoms with E-state index < -0.39 is 6.10 Å². The second-order valence-electron chi connectivity index (χ2n) is 7.83. The molecule has 30 heavy (non-hydrogen) atoms. The van der Waals surface area contributed by atoms with Crippen molar-refractivity contribution in [3.8, 4) is 0 Å². The molecule has 0 unspecified atom stereocenters. The smallest absolute Gasteiger partial charge is 0.255 e. The molecule has 1 saturated heterocycles. The van der Waals surface area contributed by atoms with Crippen LogP contribution in [0.5, 0.6) is 0 Å². The first-order valence-electron chi connectivity index (χ1n) is 10.5. The van der Waals surface area contributed by atoms with E-state index in [0.29, 0.717) is 44.0 Å². The van der Waals surface area contributed by atoms with Gasteiger partial charge in [-0.1, -0.05) is 24.3 Å². The Labute approximate surface area is 176 Å². The van der Waals surface area contributed by atoms with Gasteiger partial charge in [0, 0.05) is 38.3 Å². The van der Waals surface area contributed by atoms with Crippen molar-refractivity contribution in [1.29, 1.82) is 0 Å². The first-order chi connectivity index (χ1) is 14.6. The summed E-state index contributed by atoms with van der Waals surface area (Å²) in [6.07, 6.45) is 2.19. The van der Waals surface area contributed by atoms with Gasteiger partial charge in [-0.05, 0) is 36.1 Å². The van der Waals surface area contributed by atoms with Gasteiger partial charge in [0.25, 0.3) is 5.91 Å². The Balaban J connectivity index is 1.29. The maximum Gasteiger partial charge on any atom is 0.255 e. The summed E-state index contributed by atoms with van der Waals surface area (Å²) in [5, 5.41) is 13.9. The van der Waals surface area contributed by atoms with Crippen LogP contribution in [0.25, 0.3) is 0 Å². The minimum atomic E-state index is -0.607. The van der Waals surface area contributed by atoms with E-state index in [0.717, 1.165) is 13.0 Å². The number of rotatable bonds is 6. The number of aromatic nitrogens is 1. The maximum atomic E-state index is 12.5. The van der Waals surface area contributed by atoms with E-state index in [1.54, 1.807) is 17.0 Å². The highest BCUT2D eigenvalue weighted by atomic mass is 16.5. The number of benzene rings is 1. The second-order valence-corrected chi connectivity index (χ2v) is 7.83. The molecule has 7 heteroatoms. The number of aliphatic hydroxyl groups is 1. The third kappa shape index (κ3) is 4.75. The summed E-state index contributed by atoms with van der Waals surface area (Å²) in [6, 6.07) is 11.4. The number of hydrogen-bond acceptors (Lipinski definition) is 6. The molecular formula is C23H27N3O4. The molecule has 1 amide bonds. The summed E-state index contributed by atoms with van der Waals surface area (Å²) in [5.41, 5.74) is 3.29. The van der Waals surface area contributed by atoms with E-state index in [1.165, 1.54) is 17.3 Å².